The zero-order chi connectivity index (χ0) is 13.8. The van der Waals surface area contributed by atoms with E-state index in [1.807, 2.05) is 30.3 Å². The van der Waals surface area contributed by atoms with Crippen molar-refractivity contribution < 1.29 is 4.74 Å². The molecule has 0 fully saturated rings. The van der Waals surface area contributed by atoms with Gasteiger partial charge in [-0.25, -0.2) is 0 Å². The number of rotatable bonds is 3. The minimum atomic E-state index is -0.0789. The van der Waals surface area contributed by atoms with Crippen molar-refractivity contribution in [3.05, 3.63) is 64.3 Å². The maximum absolute atomic E-state index is 12.3. The van der Waals surface area contributed by atoms with Crippen LogP contribution in [0.1, 0.15) is 25.3 Å². The second-order valence-electron chi connectivity index (χ2n) is 4.81. The van der Waals surface area contributed by atoms with Crippen molar-refractivity contribution in [1.82, 2.24) is 0 Å². The molecule has 0 bridgehead atoms. The van der Waals surface area contributed by atoms with Gasteiger partial charge in [0.25, 0.3) is 0 Å². The first-order valence-corrected chi connectivity index (χ1v) is 6.41. The standard InChI is InChI=1S/C17H18O2/c1-12(2)13-8-10-14(11-9-13)15-6-4-5-7-16(19-3)17(15)18/h4-12H,1-3H3. The molecule has 0 heterocycles. The van der Waals surface area contributed by atoms with E-state index in [0.717, 1.165) is 5.56 Å². The predicted octanol–water partition coefficient (Wildman–Crippen LogP) is 3.85. The van der Waals surface area contributed by atoms with Gasteiger partial charge >= 0.3 is 0 Å². The predicted molar refractivity (Wildman–Crippen MR) is 78.8 cm³/mol. The molecule has 0 radical (unpaired) electrons. The smallest absolute Gasteiger partial charge is 0.228 e. The molecule has 0 unspecified atom stereocenters. The number of benzene rings is 1. The lowest BCUT2D eigenvalue weighted by molar-refractivity contribution is 0.411. The minimum Gasteiger partial charge on any atom is -0.493 e. The molecule has 0 aliphatic rings. The molecule has 2 aromatic carbocycles. The molecule has 0 spiro atoms. The van der Waals surface area contributed by atoms with Gasteiger partial charge in [0.05, 0.1) is 7.11 Å². The molecule has 0 saturated carbocycles. The summed E-state index contributed by atoms with van der Waals surface area (Å²) < 4.78 is 5.12. The first-order chi connectivity index (χ1) is 9.13. The Hall–Kier alpha value is -2.09. The van der Waals surface area contributed by atoms with E-state index in [-0.39, 0.29) is 5.43 Å². The monoisotopic (exact) mass is 254 g/mol. The van der Waals surface area contributed by atoms with Crippen LogP contribution in [0.25, 0.3) is 11.1 Å². The lowest BCUT2D eigenvalue weighted by Gasteiger charge is -2.06. The molecule has 2 aromatic rings. The second kappa shape index (κ2) is 5.70. The van der Waals surface area contributed by atoms with E-state index in [0.29, 0.717) is 17.2 Å². The first kappa shape index (κ1) is 13.3. The van der Waals surface area contributed by atoms with Gasteiger partial charge in [-0.1, -0.05) is 56.3 Å². The van der Waals surface area contributed by atoms with Gasteiger partial charge in [0.1, 0.15) is 0 Å². The number of hydrogen-bond donors (Lipinski definition) is 0. The normalized spacial score (nSPS) is 10.5. The quantitative estimate of drug-likeness (QED) is 0.831. The van der Waals surface area contributed by atoms with Crippen molar-refractivity contribution in [1.29, 1.82) is 0 Å². The Morgan fingerprint density at radius 1 is 0.947 bits per heavy atom. The van der Waals surface area contributed by atoms with Gasteiger partial charge in [-0.15, -0.1) is 0 Å². The van der Waals surface area contributed by atoms with Gasteiger partial charge in [-0.3, -0.25) is 4.79 Å². The second-order valence-corrected chi connectivity index (χ2v) is 4.81. The fourth-order valence-electron chi connectivity index (χ4n) is 2.01. The fourth-order valence-corrected chi connectivity index (χ4v) is 2.01. The summed E-state index contributed by atoms with van der Waals surface area (Å²) in [6, 6.07) is 15.3. The Bertz CT molecular complexity index is 613. The van der Waals surface area contributed by atoms with Crippen LogP contribution in [0.15, 0.2) is 53.3 Å². The molecule has 2 rings (SSSR count). The molecule has 0 amide bonds. The molecule has 98 valence electrons. The van der Waals surface area contributed by atoms with Crippen molar-refractivity contribution >= 4 is 0 Å². The number of hydrogen-bond acceptors (Lipinski definition) is 2. The molecule has 0 N–H and O–H groups in total. The van der Waals surface area contributed by atoms with Crippen LogP contribution in [0.3, 0.4) is 0 Å². The number of ether oxygens (including phenoxy) is 1. The largest absolute Gasteiger partial charge is 0.493 e. The molecule has 0 aliphatic carbocycles. The summed E-state index contributed by atoms with van der Waals surface area (Å²) in [6.45, 7) is 4.30. The molecule has 2 heteroatoms. The van der Waals surface area contributed by atoms with Crippen LogP contribution in [0.4, 0.5) is 0 Å². The molecule has 0 aliphatic heterocycles. The Balaban J connectivity index is 2.54. The summed E-state index contributed by atoms with van der Waals surface area (Å²) in [5.41, 5.74) is 2.77. The average Bonchev–Trinajstić information content (AvgIpc) is 2.60. The summed E-state index contributed by atoms with van der Waals surface area (Å²) in [4.78, 5) is 12.3. The highest BCUT2D eigenvalue weighted by molar-refractivity contribution is 5.64. The van der Waals surface area contributed by atoms with Crippen molar-refractivity contribution in [2.45, 2.75) is 19.8 Å². The van der Waals surface area contributed by atoms with Crippen molar-refractivity contribution in [2.75, 3.05) is 7.11 Å². The van der Waals surface area contributed by atoms with Crippen LogP contribution in [-0.2, 0) is 0 Å². The summed E-state index contributed by atoms with van der Waals surface area (Å²) in [6.07, 6.45) is 0. The highest BCUT2D eigenvalue weighted by Gasteiger charge is 2.06. The Labute approximate surface area is 113 Å². The van der Waals surface area contributed by atoms with E-state index in [2.05, 4.69) is 26.0 Å². The third-order valence-corrected chi connectivity index (χ3v) is 3.20. The lowest BCUT2D eigenvalue weighted by atomic mass is 9.99. The van der Waals surface area contributed by atoms with E-state index in [1.54, 1.807) is 6.07 Å². The van der Waals surface area contributed by atoms with E-state index in [9.17, 15) is 4.79 Å². The van der Waals surface area contributed by atoms with E-state index in [1.165, 1.54) is 12.7 Å². The first-order valence-electron chi connectivity index (χ1n) is 6.41. The summed E-state index contributed by atoms with van der Waals surface area (Å²) in [5, 5.41) is 0. The molecule has 0 saturated heterocycles. The van der Waals surface area contributed by atoms with Crippen molar-refractivity contribution in [3.63, 3.8) is 0 Å². The third-order valence-electron chi connectivity index (χ3n) is 3.20. The van der Waals surface area contributed by atoms with E-state index >= 15 is 0 Å². The van der Waals surface area contributed by atoms with Gasteiger partial charge in [0.2, 0.25) is 5.43 Å². The summed E-state index contributed by atoms with van der Waals surface area (Å²) >= 11 is 0. The van der Waals surface area contributed by atoms with Crippen molar-refractivity contribution in [3.8, 4) is 16.9 Å². The van der Waals surface area contributed by atoms with Gasteiger partial charge in [0, 0.05) is 5.56 Å². The van der Waals surface area contributed by atoms with Gasteiger partial charge < -0.3 is 4.74 Å². The van der Waals surface area contributed by atoms with Crippen LogP contribution < -0.4 is 10.2 Å². The van der Waals surface area contributed by atoms with E-state index < -0.39 is 0 Å². The Morgan fingerprint density at radius 3 is 2.16 bits per heavy atom. The highest BCUT2D eigenvalue weighted by Crippen LogP contribution is 2.21. The third kappa shape index (κ3) is 2.84. The van der Waals surface area contributed by atoms with Crippen LogP contribution in [0.5, 0.6) is 5.75 Å². The zero-order valence-electron chi connectivity index (χ0n) is 11.5. The maximum atomic E-state index is 12.3. The van der Waals surface area contributed by atoms with E-state index in [4.69, 9.17) is 4.74 Å². The highest BCUT2D eigenvalue weighted by atomic mass is 16.5. The molecular weight excluding hydrogens is 236 g/mol. The number of methoxy groups -OCH3 is 1. The molecule has 0 aromatic heterocycles. The van der Waals surface area contributed by atoms with Crippen LogP contribution in [-0.4, -0.2) is 7.11 Å². The average molecular weight is 254 g/mol. The van der Waals surface area contributed by atoms with Crippen LogP contribution in [0, 0.1) is 0 Å². The SMILES string of the molecule is COc1ccccc(-c2ccc(C(C)C)cc2)c1=O. The Morgan fingerprint density at radius 2 is 1.58 bits per heavy atom. The minimum absolute atomic E-state index is 0.0789. The van der Waals surface area contributed by atoms with Crippen LogP contribution >= 0.6 is 0 Å². The maximum Gasteiger partial charge on any atom is 0.228 e. The van der Waals surface area contributed by atoms with Gasteiger partial charge in [-0.2, -0.15) is 0 Å². The topological polar surface area (TPSA) is 26.3 Å². The van der Waals surface area contributed by atoms with Gasteiger partial charge in [0.15, 0.2) is 5.75 Å². The Kier molecular flexibility index (Phi) is 4.00. The lowest BCUT2D eigenvalue weighted by Crippen LogP contribution is -2.05. The summed E-state index contributed by atoms with van der Waals surface area (Å²) in [5.74, 6) is 0.857. The molecule has 19 heavy (non-hydrogen) atoms. The zero-order valence-corrected chi connectivity index (χ0v) is 11.5. The molecule has 0 atom stereocenters. The molecular formula is C17H18O2. The van der Waals surface area contributed by atoms with Gasteiger partial charge in [-0.05, 0) is 23.1 Å². The fraction of sp³-hybridized carbons (Fsp3) is 0.235. The van der Waals surface area contributed by atoms with Crippen molar-refractivity contribution in [2.24, 2.45) is 0 Å². The van der Waals surface area contributed by atoms with Crippen LogP contribution in [0.2, 0.25) is 0 Å². The molecule has 2 nitrogen and oxygen atoms in total. The summed E-state index contributed by atoms with van der Waals surface area (Å²) in [7, 11) is 1.52.